The molecule has 5 rings (SSSR count). The number of nitrogens with zero attached hydrogens (tertiary/aromatic N) is 2. The van der Waals surface area contributed by atoms with E-state index in [0.717, 1.165) is 15.6 Å². The molecule has 4 aromatic rings. The molecule has 0 aliphatic carbocycles. The quantitative estimate of drug-likeness (QED) is 0.438. The molecule has 1 unspecified atom stereocenters. The van der Waals surface area contributed by atoms with Gasteiger partial charge in [0.2, 0.25) is 0 Å². The maximum atomic E-state index is 13.5. The second-order valence-corrected chi connectivity index (χ2v) is 9.43. The van der Waals surface area contributed by atoms with Crippen molar-refractivity contribution < 1.29 is 9.21 Å². The standard InChI is InChI=1S/C25H18BrN3O3S/c1-15-21(23(30)28-19-5-3-2-4-6-19)22(17-7-9-18(26)10-8-17)29-24(31)20(33-25(29)27-15)13-16-11-12-32-14-16/h2-14,22H,1H3,(H,28,30)/b20-13+. The van der Waals surface area contributed by atoms with Gasteiger partial charge in [-0.1, -0.05) is 57.6 Å². The first-order chi connectivity index (χ1) is 16.0. The van der Waals surface area contributed by atoms with Crippen LogP contribution in [0.4, 0.5) is 5.69 Å². The number of carbonyl (C=O) groups excluding carboxylic acids is 1. The van der Waals surface area contributed by atoms with Crippen LogP contribution in [0.5, 0.6) is 0 Å². The number of hydrogen-bond donors (Lipinski definition) is 1. The molecule has 2 aromatic carbocycles. The molecule has 1 aliphatic heterocycles. The highest BCUT2D eigenvalue weighted by atomic mass is 79.9. The average Bonchev–Trinajstić information content (AvgIpc) is 3.42. The molecule has 8 heteroatoms. The maximum absolute atomic E-state index is 13.5. The summed E-state index contributed by atoms with van der Waals surface area (Å²) < 4.78 is 8.17. The fourth-order valence-electron chi connectivity index (χ4n) is 3.80. The summed E-state index contributed by atoms with van der Waals surface area (Å²) in [6.07, 6.45) is 4.91. The largest absolute Gasteiger partial charge is 0.472 e. The zero-order valence-corrected chi connectivity index (χ0v) is 19.9. The Bertz CT molecular complexity index is 1530. The molecule has 1 amide bonds. The van der Waals surface area contributed by atoms with Crippen LogP contribution in [-0.4, -0.2) is 10.5 Å². The normalized spacial score (nSPS) is 15.8. The zero-order valence-electron chi connectivity index (χ0n) is 17.5. The van der Waals surface area contributed by atoms with Gasteiger partial charge in [0.15, 0.2) is 4.80 Å². The Kier molecular flexibility index (Phi) is 5.70. The summed E-state index contributed by atoms with van der Waals surface area (Å²) in [5.41, 5.74) is 3.09. The number of amides is 1. The highest BCUT2D eigenvalue weighted by Crippen LogP contribution is 2.31. The third kappa shape index (κ3) is 4.15. The van der Waals surface area contributed by atoms with Crippen LogP contribution in [0.2, 0.25) is 0 Å². The molecule has 1 atom stereocenters. The number of hydrogen-bond acceptors (Lipinski definition) is 5. The summed E-state index contributed by atoms with van der Waals surface area (Å²) in [7, 11) is 0. The van der Waals surface area contributed by atoms with Gasteiger partial charge in [0.1, 0.15) is 0 Å². The van der Waals surface area contributed by atoms with E-state index in [1.165, 1.54) is 11.3 Å². The van der Waals surface area contributed by atoms with E-state index in [1.807, 2.05) is 54.6 Å². The van der Waals surface area contributed by atoms with Gasteiger partial charge in [-0.3, -0.25) is 14.2 Å². The van der Waals surface area contributed by atoms with Crippen LogP contribution in [0, 0.1) is 0 Å². The lowest BCUT2D eigenvalue weighted by Crippen LogP contribution is -2.40. The predicted octanol–water partition coefficient (Wildman–Crippen LogP) is 4.23. The number of nitrogens with one attached hydrogen (secondary N) is 1. The molecule has 0 spiro atoms. The lowest BCUT2D eigenvalue weighted by molar-refractivity contribution is -0.113. The van der Waals surface area contributed by atoms with E-state index in [-0.39, 0.29) is 11.5 Å². The fourth-order valence-corrected chi connectivity index (χ4v) is 5.11. The number of furan rings is 1. The molecule has 0 radical (unpaired) electrons. The number of benzene rings is 2. The van der Waals surface area contributed by atoms with E-state index in [4.69, 9.17) is 4.42 Å². The van der Waals surface area contributed by atoms with Gasteiger partial charge in [-0.05, 0) is 48.9 Å². The van der Waals surface area contributed by atoms with E-state index in [9.17, 15) is 9.59 Å². The smallest absolute Gasteiger partial charge is 0.271 e. The monoisotopic (exact) mass is 519 g/mol. The second-order valence-electron chi connectivity index (χ2n) is 7.51. The highest BCUT2D eigenvalue weighted by molar-refractivity contribution is 9.10. The zero-order chi connectivity index (χ0) is 22.9. The van der Waals surface area contributed by atoms with Gasteiger partial charge < -0.3 is 9.73 Å². The molecule has 1 aliphatic rings. The number of allylic oxidation sites excluding steroid dienone is 1. The number of para-hydroxylation sites is 1. The first-order valence-electron chi connectivity index (χ1n) is 10.2. The van der Waals surface area contributed by atoms with Gasteiger partial charge in [0, 0.05) is 15.7 Å². The molecule has 0 saturated heterocycles. The molecule has 3 heterocycles. The van der Waals surface area contributed by atoms with Gasteiger partial charge in [-0.25, -0.2) is 4.99 Å². The van der Waals surface area contributed by atoms with Gasteiger partial charge in [0.25, 0.3) is 11.5 Å². The van der Waals surface area contributed by atoms with Crippen LogP contribution in [0.1, 0.15) is 24.1 Å². The Hall–Kier alpha value is -3.49. The van der Waals surface area contributed by atoms with Crippen molar-refractivity contribution in [3.8, 4) is 0 Å². The van der Waals surface area contributed by atoms with Crippen LogP contribution in [-0.2, 0) is 4.79 Å². The van der Waals surface area contributed by atoms with Crippen LogP contribution >= 0.6 is 27.3 Å². The molecule has 0 fully saturated rings. The third-order valence-electron chi connectivity index (χ3n) is 5.32. The van der Waals surface area contributed by atoms with Gasteiger partial charge in [0.05, 0.1) is 34.4 Å². The predicted molar refractivity (Wildman–Crippen MR) is 132 cm³/mol. The maximum Gasteiger partial charge on any atom is 0.271 e. The lowest BCUT2D eigenvalue weighted by atomic mass is 9.95. The first kappa shape index (κ1) is 21.4. The van der Waals surface area contributed by atoms with Crippen molar-refractivity contribution in [2.45, 2.75) is 13.0 Å². The van der Waals surface area contributed by atoms with E-state index < -0.39 is 6.04 Å². The Balaban J connectivity index is 1.68. The molecule has 33 heavy (non-hydrogen) atoms. The van der Waals surface area contributed by atoms with Crippen molar-refractivity contribution in [1.82, 2.24) is 4.57 Å². The fraction of sp³-hybridized carbons (Fsp3) is 0.0800. The molecule has 6 nitrogen and oxygen atoms in total. The van der Waals surface area contributed by atoms with Crippen LogP contribution in [0.3, 0.4) is 0 Å². The summed E-state index contributed by atoms with van der Waals surface area (Å²) in [6.45, 7) is 1.80. The van der Waals surface area contributed by atoms with Crippen molar-refractivity contribution in [2.75, 3.05) is 5.32 Å². The van der Waals surface area contributed by atoms with Crippen molar-refractivity contribution in [3.63, 3.8) is 0 Å². The third-order valence-corrected chi connectivity index (χ3v) is 6.84. The van der Waals surface area contributed by atoms with Gasteiger partial charge >= 0.3 is 0 Å². The van der Waals surface area contributed by atoms with Gasteiger partial charge in [-0.15, -0.1) is 0 Å². The van der Waals surface area contributed by atoms with Crippen molar-refractivity contribution in [3.05, 3.63) is 120 Å². The number of carbonyl (C=O) groups is 1. The van der Waals surface area contributed by atoms with Crippen molar-refractivity contribution in [2.24, 2.45) is 4.99 Å². The minimum atomic E-state index is -0.607. The Morgan fingerprint density at radius 3 is 2.61 bits per heavy atom. The minimum Gasteiger partial charge on any atom is -0.472 e. The number of aromatic nitrogens is 1. The van der Waals surface area contributed by atoms with E-state index >= 15 is 0 Å². The molecular formula is C25H18BrN3O3S. The Labute approximate surface area is 201 Å². The van der Waals surface area contributed by atoms with E-state index in [0.29, 0.717) is 26.3 Å². The van der Waals surface area contributed by atoms with E-state index in [1.54, 1.807) is 36.2 Å². The first-order valence-corrected chi connectivity index (χ1v) is 11.8. The van der Waals surface area contributed by atoms with Crippen molar-refractivity contribution >= 4 is 44.9 Å². The Morgan fingerprint density at radius 2 is 1.91 bits per heavy atom. The number of rotatable bonds is 4. The summed E-state index contributed by atoms with van der Waals surface area (Å²) in [6, 6.07) is 18.0. The summed E-state index contributed by atoms with van der Waals surface area (Å²) in [4.78, 5) is 32.1. The molecule has 164 valence electrons. The molecule has 2 aromatic heterocycles. The van der Waals surface area contributed by atoms with E-state index in [2.05, 4.69) is 26.2 Å². The summed E-state index contributed by atoms with van der Waals surface area (Å²) in [5, 5.41) is 2.95. The number of fused-ring (bicyclic) bond motifs is 1. The van der Waals surface area contributed by atoms with Crippen LogP contribution in [0.25, 0.3) is 6.08 Å². The van der Waals surface area contributed by atoms with Crippen LogP contribution < -0.4 is 20.2 Å². The molecule has 1 N–H and O–H groups in total. The molecular weight excluding hydrogens is 502 g/mol. The lowest BCUT2D eigenvalue weighted by Gasteiger charge is -2.25. The SMILES string of the molecule is CC1=C(C(=O)Nc2ccccc2)C(c2ccc(Br)cc2)n2c(s/c(=C/c3ccoc3)c2=O)=N1. The number of anilines is 1. The summed E-state index contributed by atoms with van der Waals surface area (Å²) >= 11 is 4.76. The number of thiazole rings is 1. The second kappa shape index (κ2) is 8.80. The molecule has 0 saturated carbocycles. The van der Waals surface area contributed by atoms with Crippen LogP contribution in [0.15, 0.2) is 103 Å². The Morgan fingerprint density at radius 1 is 1.15 bits per heavy atom. The number of halogens is 1. The average molecular weight is 520 g/mol. The van der Waals surface area contributed by atoms with Crippen molar-refractivity contribution in [1.29, 1.82) is 0 Å². The van der Waals surface area contributed by atoms with Gasteiger partial charge in [-0.2, -0.15) is 0 Å². The summed E-state index contributed by atoms with van der Waals surface area (Å²) in [5.74, 6) is -0.292. The molecule has 0 bridgehead atoms. The topological polar surface area (TPSA) is 76.6 Å². The highest BCUT2D eigenvalue weighted by Gasteiger charge is 2.32. The minimum absolute atomic E-state index is 0.203.